The third-order valence-corrected chi connectivity index (χ3v) is 3.17. The van der Waals surface area contributed by atoms with Gasteiger partial charge in [0.25, 0.3) is 5.69 Å². The normalized spacial score (nSPS) is 20.2. The summed E-state index contributed by atoms with van der Waals surface area (Å²) in [5, 5.41) is 19.5. The number of ketones is 1. The van der Waals surface area contributed by atoms with E-state index >= 15 is 0 Å². The molecule has 2 rings (SSSR count). The van der Waals surface area contributed by atoms with Crippen LogP contribution in [0.2, 0.25) is 0 Å². The van der Waals surface area contributed by atoms with Gasteiger partial charge in [-0.3, -0.25) is 19.8 Å². The summed E-state index contributed by atoms with van der Waals surface area (Å²) in [6.07, 6.45) is 2.10. The van der Waals surface area contributed by atoms with Crippen molar-refractivity contribution in [3.8, 4) is 0 Å². The Balaban J connectivity index is 1.93. The number of Topliss-reactive ketones (excluding diaryl/α,β-unsaturated/α-hetero) is 1. The van der Waals surface area contributed by atoms with Gasteiger partial charge in [0, 0.05) is 19.2 Å². The van der Waals surface area contributed by atoms with E-state index in [4.69, 9.17) is 5.11 Å². The van der Waals surface area contributed by atoms with Gasteiger partial charge in [-0.05, 0) is 18.9 Å². The van der Waals surface area contributed by atoms with Gasteiger partial charge in [0.1, 0.15) is 0 Å². The molecule has 1 atom stereocenters. The van der Waals surface area contributed by atoms with E-state index in [0.717, 1.165) is 13.0 Å². The third-order valence-electron chi connectivity index (χ3n) is 3.17. The van der Waals surface area contributed by atoms with Gasteiger partial charge in [-0.2, -0.15) is 0 Å². The minimum absolute atomic E-state index is 0.104. The second-order valence-corrected chi connectivity index (χ2v) is 4.52. The number of aliphatic hydroxyl groups excluding tert-OH is 1. The minimum Gasteiger partial charge on any atom is -0.396 e. The van der Waals surface area contributed by atoms with Crippen LogP contribution >= 0.6 is 0 Å². The van der Waals surface area contributed by atoms with Crippen LogP contribution in [0.5, 0.6) is 0 Å². The highest BCUT2D eigenvalue weighted by Crippen LogP contribution is 2.17. The lowest BCUT2D eigenvalue weighted by atomic mass is 10.1. The van der Waals surface area contributed by atoms with E-state index in [1.54, 1.807) is 0 Å². The lowest BCUT2D eigenvalue weighted by molar-refractivity contribution is -0.384. The zero-order chi connectivity index (χ0) is 13.1. The van der Waals surface area contributed by atoms with Gasteiger partial charge in [0.2, 0.25) is 0 Å². The molecule has 2 N–H and O–H groups in total. The number of hydrogen-bond acceptors (Lipinski definition) is 5. The Hall–Kier alpha value is -1.73. The van der Waals surface area contributed by atoms with Crippen molar-refractivity contribution in [1.29, 1.82) is 0 Å². The Morgan fingerprint density at radius 2 is 2.44 bits per heavy atom. The molecule has 0 amide bonds. The van der Waals surface area contributed by atoms with Crippen molar-refractivity contribution in [2.75, 3.05) is 26.2 Å². The molecule has 7 heteroatoms. The number of nitrogens with one attached hydrogen (secondary N) is 1. The topological polar surface area (TPSA) is 99.5 Å². The SMILES string of the molecule is O=C(CN1CCC(CO)C1)c1cc([N+](=O)[O-])c[nH]1. The van der Waals surface area contributed by atoms with Gasteiger partial charge >= 0.3 is 0 Å². The molecule has 18 heavy (non-hydrogen) atoms. The van der Waals surface area contributed by atoms with Crippen LogP contribution in [-0.4, -0.2) is 51.9 Å². The highest BCUT2D eigenvalue weighted by Gasteiger charge is 2.24. The van der Waals surface area contributed by atoms with Crippen LogP contribution < -0.4 is 0 Å². The summed E-state index contributed by atoms with van der Waals surface area (Å²) in [5.74, 6) is 0.0671. The molecule has 98 valence electrons. The average molecular weight is 253 g/mol. The van der Waals surface area contributed by atoms with Crippen LogP contribution in [0.4, 0.5) is 5.69 Å². The lowest BCUT2D eigenvalue weighted by Crippen LogP contribution is -2.28. The van der Waals surface area contributed by atoms with Crippen molar-refractivity contribution < 1.29 is 14.8 Å². The summed E-state index contributed by atoms with van der Waals surface area (Å²) in [6.45, 7) is 1.84. The number of carbonyl (C=O) groups excluding carboxylic acids is 1. The zero-order valence-corrected chi connectivity index (χ0v) is 9.83. The van der Waals surface area contributed by atoms with E-state index in [9.17, 15) is 14.9 Å². The Morgan fingerprint density at radius 1 is 1.67 bits per heavy atom. The first kappa shape index (κ1) is 12.7. The molecule has 2 heterocycles. The van der Waals surface area contributed by atoms with Crippen molar-refractivity contribution >= 4 is 11.5 Å². The standard InChI is InChI=1S/C11H15N3O4/c15-7-8-1-2-13(5-8)6-11(16)10-3-9(4-12-10)14(17)18/h3-4,8,12,15H,1-2,5-7H2. The molecule has 7 nitrogen and oxygen atoms in total. The number of likely N-dealkylation sites (tertiary alicyclic amines) is 1. The molecule has 1 saturated heterocycles. The summed E-state index contributed by atoms with van der Waals surface area (Å²) in [6, 6.07) is 1.25. The molecule has 1 aromatic rings. The first-order valence-corrected chi connectivity index (χ1v) is 5.79. The van der Waals surface area contributed by atoms with Crippen LogP contribution in [-0.2, 0) is 0 Å². The van der Waals surface area contributed by atoms with Crippen LogP contribution in [0.15, 0.2) is 12.3 Å². The molecule has 1 aliphatic heterocycles. The minimum atomic E-state index is -0.537. The van der Waals surface area contributed by atoms with Gasteiger partial charge < -0.3 is 10.1 Å². The predicted octanol–water partition coefficient (Wildman–Crippen LogP) is 0.420. The molecular weight excluding hydrogens is 238 g/mol. The average Bonchev–Trinajstić information content (AvgIpc) is 2.97. The van der Waals surface area contributed by atoms with Gasteiger partial charge in [-0.25, -0.2) is 0 Å². The first-order valence-electron chi connectivity index (χ1n) is 5.79. The third kappa shape index (κ3) is 2.74. The summed E-state index contributed by atoms with van der Waals surface area (Å²) in [4.78, 5) is 26.4. The van der Waals surface area contributed by atoms with Crippen LogP contribution in [0.25, 0.3) is 0 Å². The van der Waals surface area contributed by atoms with E-state index in [-0.39, 0.29) is 36.2 Å². The van der Waals surface area contributed by atoms with Crippen molar-refractivity contribution in [3.63, 3.8) is 0 Å². The molecule has 0 radical (unpaired) electrons. The predicted molar refractivity (Wildman–Crippen MR) is 63.4 cm³/mol. The van der Waals surface area contributed by atoms with E-state index in [2.05, 4.69) is 4.98 Å². The quantitative estimate of drug-likeness (QED) is 0.450. The Kier molecular flexibility index (Phi) is 3.73. The molecule has 0 spiro atoms. The molecule has 1 aromatic heterocycles. The van der Waals surface area contributed by atoms with Crippen molar-refractivity contribution in [3.05, 3.63) is 28.1 Å². The summed E-state index contributed by atoms with van der Waals surface area (Å²) in [5.41, 5.74) is 0.155. The maximum atomic E-state index is 11.9. The molecule has 0 bridgehead atoms. The number of rotatable bonds is 5. The lowest BCUT2D eigenvalue weighted by Gasteiger charge is -2.13. The summed E-state index contributed by atoms with van der Waals surface area (Å²) >= 11 is 0. The molecule has 0 saturated carbocycles. The van der Waals surface area contributed by atoms with E-state index in [1.807, 2.05) is 4.90 Å². The molecule has 0 aromatic carbocycles. The number of H-pyrrole nitrogens is 1. The molecule has 1 fully saturated rings. The monoisotopic (exact) mass is 253 g/mol. The number of aliphatic hydroxyl groups is 1. The Labute approximate surface area is 104 Å². The number of aromatic nitrogens is 1. The van der Waals surface area contributed by atoms with Gasteiger partial charge in [0.05, 0.1) is 23.4 Å². The summed E-state index contributed by atoms with van der Waals surface area (Å²) in [7, 11) is 0. The Bertz CT molecular complexity index is 457. The van der Waals surface area contributed by atoms with Crippen LogP contribution in [0.3, 0.4) is 0 Å². The fourth-order valence-corrected chi connectivity index (χ4v) is 2.14. The van der Waals surface area contributed by atoms with Gasteiger partial charge in [-0.1, -0.05) is 0 Å². The second-order valence-electron chi connectivity index (χ2n) is 4.52. The van der Waals surface area contributed by atoms with Crippen LogP contribution in [0, 0.1) is 16.0 Å². The number of carbonyl (C=O) groups is 1. The largest absolute Gasteiger partial charge is 0.396 e. The number of hydrogen-bond donors (Lipinski definition) is 2. The number of nitro groups is 1. The Morgan fingerprint density at radius 3 is 3.00 bits per heavy atom. The maximum absolute atomic E-state index is 11.9. The van der Waals surface area contributed by atoms with Crippen molar-refractivity contribution in [1.82, 2.24) is 9.88 Å². The van der Waals surface area contributed by atoms with Gasteiger partial charge in [0.15, 0.2) is 5.78 Å². The first-order chi connectivity index (χ1) is 8.60. The van der Waals surface area contributed by atoms with Crippen molar-refractivity contribution in [2.24, 2.45) is 5.92 Å². The molecule has 1 unspecified atom stereocenters. The van der Waals surface area contributed by atoms with Gasteiger partial charge in [-0.15, -0.1) is 0 Å². The zero-order valence-electron chi connectivity index (χ0n) is 9.83. The highest BCUT2D eigenvalue weighted by atomic mass is 16.6. The van der Waals surface area contributed by atoms with E-state index < -0.39 is 4.92 Å². The summed E-state index contributed by atoms with van der Waals surface area (Å²) < 4.78 is 0. The van der Waals surface area contributed by atoms with Crippen molar-refractivity contribution in [2.45, 2.75) is 6.42 Å². The molecular formula is C11H15N3O4. The fourth-order valence-electron chi connectivity index (χ4n) is 2.14. The second kappa shape index (κ2) is 5.28. The number of aromatic amines is 1. The van der Waals surface area contributed by atoms with E-state index in [0.29, 0.717) is 6.54 Å². The maximum Gasteiger partial charge on any atom is 0.287 e. The molecule has 0 aliphatic carbocycles. The fraction of sp³-hybridized carbons (Fsp3) is 0.545. The molecule has 1 aliphatic rings. The smallest absolute Gasteiger partial charge is 0.287 e. The highest BCUT2D eigenvalue weighted by molar-refractivity contribution is 5.96. The van der Waals surface area contributed by atoms with E-state index in [1.165, 1.54) is 12.3 Å². The van der Waals surface area contributed by atoms with Crippen LogP contribution in [0.1, 0.15) is 16.9 Å². The number of nitrogens with zero attached hydrogens (tertiary/aromatic N) is 2.